The van der Waals surface area contributed by atoms with E-state index in [-0.39, 0.29) is 5.91 Å². The third kappa shape index (κ3) is 3.62. The van der Waals surface area contributed by atoms with E-state index < -0.39 is 11.7 Å². The fraction of sp³-hybridized carbons (Fsp3) is 0.250. The van der Waals surface area contributed by atoms with Gasteiger partial charge in [-0.2, -0.15) is 13.2 Å². The molecule has 1 fully saturated rings. The van der Waals surface area contributed by atoms with Crippen LogP contribution in [0.2, 0.25) is 0 Å². The molecular weight excluding hydrogens is 369 g/mol. The molecule has 0 spiro atoms. The standard InChI is InChI=1S/C20H17F3N4O/c21-20(22,23)15-6-8-18(24-13-15)26-9-11-27(12-10-26)19(28)17-7-5-14-3-1-2-4-16(14)25-17/h1-8,13H,9-12H2. The Labute approximate surface area is 159 Å². The largest absolute Gasteiger partial charge is 0.417 e. The molecule has 5 nitrogen and oxygen atoms in total. The SMILES string of the molecule is O=C(c1ccc2ccccc2n1)N1CCN(c2ccc(C(F)(F)F)cn2)CC1. The lowest BCUT2D eigenvalue weighted by Gasteiger charge is -2.35. The van der Waals surface area contributed by atoms with E-state index in [0.29, 0.717) is 37.7 Å². The van der Waals surface area contributed by atoms with Crippen molar-refractivity contribution in [2.24, 2.45) is 0 Å². The van der Waals surface area contributed by atoms with Crippen LogP contribution < -0.4 is 4.90 Å². The van der Waals surface area contributed by atoms with Gasteiger partial charge in [-0.3, -0.25) is 4.79 Å². The van der Waals surface area contributed by atoms with Crippen LogP contribution >= 0.6 is 0 Å². The Kier molecular flexibility index (Phi) is 4.62. The first-order valence-corrected chi connectivity index (χ1v) is 8.85. The lowest BCUT2D eigenvalue weighted by molar-refractivity contribution is -0.137. The molecule has 1 saturated heterocycles. The maximum atomic E-state index is 12.7. The van der Waals surface area contributed by atoms with Crippen LogP contribution in [-0.4, -0.2) is 47.0 Å². The molecule has 1 aliphatic rings. The maximum Gasteiger partial charge on any atom is 0.417 e. The normalized spacial score (nSPS) is 15.1. The number of carbonyl (C=O) groups excluding carboxylic acids is 1. The molecule has 0 saturated carbocycles. The van der Waals surface area contributed by atoms with Gasteiger partial charge in [-0.25, -0.2) is 9.97 Å². The molecule has 0 N–H and O–H groups in total. The molecule has 0 aliphatic carbocycles. The Morgan fingerprint density at radius 2 is 1.68 bits per heavy atom. The van der Waals surface area contributed by atoms with Gasteiger partial charge in [0.2, 0.25) is 0 Å². The van der Waals surface area contributed by atoms with Gasteiger partial charge in [-0.15, -0.1) is 0 Å². The number of anilines is 1. The number of benzene rings is 1. The number of pyridine rings is 2. The number of hydrogen-bond donors (Lipinski definition) is 0. The van der Waals surface area contributed by atoms with Crippen LogP contribution in [0.5, 0.6) is 0 Å². The van der Waals surface area contributed by atoms with Gasteiger partial charge >= 0.3 is 6.18 Å². The van der Waals surface area contributed by atoms with E-state index in [1.165, 1.54) is 6.07 Å². The minimum absolute atomic E-state index is 0.147. The van der Waals surface area contributed by atoms with Gasteiger partial charge in [0, 0.05) is 37.8 Å². The van der Waals surface area contributed by atoms with Gasteiger partial charge in [0.1, 0.15) is 11.5 Å². The second-order valence-corrected chi connectivity index (χ2v) is 6.57. The maximum absolute atomic E-state index is 12.7. The summed E-state index contributed by atoms with van der Waals surface area (Å²) in [5.74, 6) is 0.328. The summed E-state index contributed by atoms with van der Waals surface area (Å²) in [5, 5.41) is 0.970. The predicted octanol–water partition coefficient (Wildman–Crippen LogP) is 3.61. The summed E-state index contributed by atoms with van der Waals surface area (Å²) < 4.78 is 38.0. The van der Waals surface area contributed by atoms with Gasteiger partial charge in [-0.1, -0.05) is 24.3 Å². The molecule has 0 bridgehead atoms. The van der Waals surface area contributed by atoms with Crippen molar-refractivity contribution in [1.29, 1.82) is 0 Å². The van der Waals surface area contributed by atoms with E-state index in [2.05, 4.69) is 9.97 Å². The van der Waals surface area contributed by atoms with Crippen LogP contribution in [0.3, 0.4) is 0 Å². The Bertz CT molecular complexity index is 996. The molecule has 4 rings (SSSR count). The molecule has 28 heavy (non-hydrogen) atoms. The van der Waals surface area contributed by atoms with E-state index in [1.807, 2.05) is 35.2 Å². The Hall–Kier alpha value is -3.16. The van der Waals surface area contributed by atoms with Crippen molar-refractivity contribution in [2.75, 3.05) is 31.1 Å². The van der Waals surface area contributed by atoms with Crippen molar-refractivity contribution >= 4 is 22.6 Å². The van der Waals surface area contributed by atoms with E-state index in [1.54, 1.807) is 11.0 Å². The molecule has 0 atom stereocenters. The number of nitrogens with zero attached hydrogens (tertiary/aromatic N) is 4. The van der Waals surface area contributed by atoms with Crippen molar-refractivity contribution in [1.82, 2.24) is 14.9 Å². The Morgan fingerprint density at radius 3 is 2.36 bits per heavy atom. The van der Waals surface area contributed by atoms with Crippen LogP contribution in [0.1, 0.15) is 16.1 Å². The second kappa shape index (κ2) is 7.10. The van der Waals surface area contributed by atoms with E-state index in [0.717, 1.165) is 23.2 Å². The van der Waals surface area contributed by atoms with Gasteiger partial charge in [-0.05, 0) is 24.3 Å². The first-order valence-electron chi connectivity index (χ1n) is 8.85. The van der Waals surface area contributed by atoms with Crippen LogP contribution in [0.15, 0.2) is 54.7 Å². The van der Waals surface area contributed by atoms with Crippen LogP contribution in [0.4, 0.5) is 19.0 Å². The molecule has 1 aliphatic heterocycles. The first-order chi connectivity index (χ1) is 13.4. The number of rotatable bonds is 2. The predicted molar refractivity (Wildman–Crippen MR) is 99.1 cm³/mol. The summed E-state index contributed by atoms with van der Waals surface area (Å²) in [6.07, 6.45) is -3.56. The summed E-state index contributed by atoms with van der Waals surface area (Å²) in [6, 6.07) is 13.6. The van der Waals surface area contributed by atoms with Crippen molar-refractivity contribution in [3.05, 3.63) is 66.0 Å². The molecule has 2 aromatic heterocycles. The van der Waals surface area contributed by atoms with Crippen LogP contribution in [-0.2, 0) is 6.18 Å². The summed E-state index contributed by atoms with van der Waals surface area (Å²) in [5.41, 5.74) is 0.383. The van der Waals surface area contributed by atoms with Crippen molar-refractivity contribution in [3.8, 4) is 0 Å². The second-order valence-electron chi connectivity index (χ2n) is 6.57. The molecular formula is C20H17F3N4O. The zero-order chi connectivity index (χ0) is 19.7. The molecule has 3 heterocycles. The van der Waals surface area contributed by atoms with E-state index in [9.17, 15) is 18.0 Å². The molecule has 1 amide bonds. The third-order valence-corrected chi connectivity index (χ3v) is 4.78. The number of hydrogen-bond acceptors (Lipinski definition) is 4. The number of aromatic nitrogens is 2. The van der Waals surface area contributed by atoms with E-state index >= 15 is 0 Å². The quantitative estimate of drug-likeness (QED) is 0.675. The first kappa shape index (κ1) is 18.2. The highest BCUT2D eigenvalue weighted by Gasteiger charge is 2.31. The van der Waals surface area contributed by atoms with Crippen LogP contribution in [0.25, 0.3) is 10.9 Å². The lowest BCUT2D eigenvalue weighted by Crippen LogP contribution is -2.49. The van der Waals surface area contributed by atoms with Crippen molar-refractivity contribution in [3.63, 3.8) is 0 Å². The Morgan fingerprint density at radius 1 is 0.929 bits per heavy atom. The van der Waals surface area contributed by atoms with Crippen LogP contribution in [0, 0.1) is 0 Å². The topological polar surface area (TPSA) is 49.3 Å². The molecule has 0 unspecified atom stereocenters. The highest BCUT2D eigenvalue weighted by molar-refractivity contribution is 5.95. The summed E-state index contributed by atoms with van der Waals surface area (Å²) in [7, 11) is 0. The number of alkyl halides is 3. The Balaban J connectivity index is 1.42. The van der Waals surface area contributed by atoms with E-state index in [4.69, 9.17) is 0 Å². The fourth-order valence-corrected chi connectivity index (χ4v) is 3.23. The molecule has 3 aromatic rings. The van der Waals surface area contributed by atoms with Crippen molar-refractivity contribution in [2.45, 2.75) is 6.18 Å². The number of fused-ring (bicyclic) bond motifs is 1. The summed E-state index contributed by atoms with van der Waals surface area (Å²) in [4.78, 5) is 24.7. The average molecular weight is 386 g/mol. The van der Waals surface area contributed by atoms with Gasteiger partial charge < -0.3 is 9.80 Å². The highest BCUT2D eigenvalue weighted by atomic mass is 19.4. The zero-order valence-electron chi connectivity index (χ0n) is 14.9. The summed E-state index contributed by atoms with van der Waals surface area (Å²) >= 11 is 0. The number of carbonyl (C=O) groups is 1. The number of halogens is 3. The highest BCUT2D eigenvalue weighted by Crippen LogP contribution is 2.29. The minimum atomic E-state index is -4.40. The molecule has 144 valence electrons. The molecule has 1 aromatic carbocycles. The monoisotopic (exact) mass is 386 g/mol. The molecule has 0 radical (unpaired) electrons. The smallest absolute Gasteiger partial charge is 0.353 e. The molecule has 8 heteroatoms. The summed E-state index contributed by atoms with van der Waals surface area (Å²) in [6.45, 7) is 1.90. The van der Waals surface area contributed by atoms with Gasteiger partial charge in [0.05, 0.1) is 11.1 Å². The zero-order valence-corrected chi connectivity index (χ0v) is 14.9. The number of piperazine rings is 1. The number of amides is 1. The third-order valence-electron chi connectivity index (χ3n) is 4.78. The van der Waals surface area contributed by atoms with Gasteiger partial charge in [0.15, 0.2) is 0 Å². The fourth-order valence-electron chi connectivity index (χ4n) is 3.23. The van der Waals surface area contributed by atoms with Crippen molar-refractivity contribution < 1.29 is 18.0 Å². The van der Waals surface area contributed by atoms with Gasteiger partial charge in [0.25, 0.3) is 5.91 Å². The number of para-hydroxylation sites is 1. The lowest BCUT2D eigenvalue weighted by atomic mass is 10.2. The average Bonchev–Trinajstić information content (AvgIpc) is 2.72. The minimum Gasteiger partial charge on any atom is -0.353 e.